The van der Waals surface area contributed by atoms with Gasteiger partial charge in [0.2, 0.25) is 0 Å². The standard InChI is InChI=1S/C22H22O5/c23-21(18-9-5-2-6-10-18)14-13-19-11-12-20(27-26-19)15-22(24)25-16-17-7-3-1-4-8-17/h1-10,13-14,19-20H,11-12,15-16H2/b14-13+/t19-,20-/m0/s1. The fourth-order valence-corrected chi connectivity index (χ4v) is 2.74. The van der Waals surface area contributed by atoms with E-state index < -0.39 is 0 Å². The normalized spacial score (nSPS) is 19.7. The Hall–Kier alpha value is -2.76. The third-order valence-corrected chi connectivity index (χ3v) is 4.25. The molecule has 27 heavy (non-hydrogen) atoms. The Morgan fingerprint density at radius 2 is 1.67 bits per heavy atom. The van der Waals surface area contributed by atoms with E-state index in [-0.39, 0.29) is 37.0 Å². The maximum atomic E-state index is 12.0. The van der Waals surface area contributed by atoms with Crippen LogP contribution in [0.3, 0.4) is 0 Å². The highest BCUT2D eigenvalue weighted by molar-refractivity contribution is 6.04. The zero-order valence-electron chi connectivity index (χ0n) is 15.0. The average Bonchev–Trinajstić information content (AvgIpc) is 2.73. The number of esters is 1. The van der Waals surface area contributed by atoms with Gasteiger partial charge >= 0.3 is 5.97 Å². The average molecular weight is 366 g/mol. The lowest BCUT2D eigenvalue weighted by atomic mass is 10.0. The molecule has 1 fully saturated rings. The van der Waals surface area contributed by atoms with Crippen LogP contribution in [-0.4, -0.2) is 24.0 Å². The number of hydrogen-bond donors (Lipinski definition) is 0. The molecule has 0 N–H and O–H groups in total. The molecule has 0 aromatic heterocycles. The van der Waals surface area contributed by atoms with E-state index in [2.05, 4.69) is 0 Å². The maximum absolute atomic E-state index is 12.0. The van der Waals surface area contributed by atoms with Crippen LogP contribution in [0.2, 0.25) is 0 Å². The number of allylic oxidation sites excluding steroid dienone is 1. The van der Waals surface area contributed by atoms with Crippen molar-refractivity contribution in [1.29, 1.82) is 0 Å². The van der Waals surface area contributed by atoms with Crippen LogP contribution in [-0.2, 0) is 25.9 Å². The van der Waals surface area contributed by atoms with Crippen LogP contribution in [0, 0.1) is 0 Å². The molecule has 0 bridgehead atoms. The Morgan fingerprint density at radius 3 is 2.33 bits per heavy atom. The van der Waals surface area contributed by atoms with Gasteiger partial charge < -0.3 is 4.74 Å². The first-order valence-electron chi connectivity index (χ1n) is 9.00. The lowest BCUT2D eigenvalue weighted by Crippen LogP contribution is -2.29. The predicted molar refractivity (Wildman–Crippen MR) is 99.7 cm³/mol. The number of carbonyl (C=O) groups excluding carboxylic acids is 2. The Labute approximate surface area is 158 Å². The topological polar surface area (TPSA) is 61.8 Å². The summed E-state index contributed by atoms with van der Waals surface area (Å²) in [6.07, 6.45) is 4.05. The molecule has 0 saturated carbocycles. The molecule has 140 valence electrons. The van der Waals surface area contributed by atoms with Crippen molar-refractivity contribution in [1.82, 2.24) is 0 Å². The fraction of sp³-hybridized carbons (Fsp3) is 0.273. The number of rotatable bonds is 7. The van der Waals surface area contributed by atoms with Gasteiger partial charge in [-0.3, -0.25) is 9.59 Å². The first kappa shape index (κ1) is 19.0. The van der Waals surface area contributed by atoms with Gasteiger partial charge in [-0.2, -0.15) is 0 Å². The Bertz CT molecular complexity index is 762. The summed E-state index contributed by atoms with van der Waals surface area (Å²) < 4.78 is 5.25. The summed E-state index contributed by atoms with van der Waals surface area (Å²) in [5, 5.41) is 0. The van der Waals surface area contributed by atoms with Crippen molar-refractivity contribution in [2.45, 2.75) is 38.1 Å². The summed E-state index contributed by atoms with van der Waals surface area (Å²) in [4.78, 5) is 34.5. The first-order valence-corrected chi connectivity index (χ1v) is 9.00. The van der Waals surface area contributed by atoms with Gasteiger partial charge in [0, 0.05) is 5.56 Å². The minimum absolute atomic E-state index is 0.0780. The molecule has 5 nitrogen and oxygen atoms in total. The number of ether oxygens (including phenoxy) is 1. The van der Waals surface area contributed by atoms with Gasteiger partial charge in [-0.05, 0) is 30.6 Å². The van der Waals surface area contributed by atoms with Crippen LogP contribution in [0.1, 0.15) is 35.2 Å². The molecule has 0 amide bonds. The Kier molecular flexibility index (Phi) is 6.90. The van der Waals surface area contributed by atoms with Crippen molar-refractivity contribution >= 4 is 11.8 Å². The quantitative estimate of drug-likeness (QED) is 0.320. The van der Waals surface area contributed by atoms with Crippen molar-refractivity contribution in [2.75, 3.05) is 0 Å². The minimum atomic E-state index is -0.331. The molecule has 2 aromatic carbocycles. The molecule has 1 heterocycles. The van der Waals surface area contributed by atoms with Gasteiger partial charge in [-0.15, -0.1) is 0 Å². The van der Waals surface area contributed by atoms with Gasteiger partial charge in [0.25, 0.3) is 0 Å². The van der Waals surface area contributed by atoms with Crippen LogP contribution < -0.4 is 0 Å². The summed E-state index contributed by atoms with van der Waals surface area (Å²) >= 11 is 0. The number of benzene rings is 2. The molecule has 1 saturated heterocycles. The highest BCUT2D eigenvalue weighted by Gasteiger charge is 2.24. The molecule has 2 atom stereocenters. The van der Waals surface area contributed by atoms with E-state index in [0.29, 0.717) is 18.4 Å². The van der Waals surface area contributed by atoms with Crippen molar-refractivity contribution in [3.05, 3.63) is 83.9 Å². The first-order chi connectivity index (χ1) is 13.2. The summed E-state index contributed by atoms with van der Waals surface area (Å²) in [7, 11) is 0. The van der Waals surface area contributed by atoms with Gasteiger partial charge in [-0.1, -0.05) is 60.7 Å². The molecule has 0 aliphatic carbocycles. The van der Waals surface area contributed by atoms with E-state index in [1.54, 1.807) is 18.2 Å². The number of ketones is 1. The molecule has 3 rings (SSSR count). The fourth-order valence-electron chi connectivity index (χ4n) is 2.74. The molecule has 0 radical (unpaired) electrons. The summed E-state index contributed by atoms with van der Waals surface area (Å²) in [5.41, 5.74) is 1.57. The van der Waals surface area contributed by atoms with Gasteiger partial charge in [0.05, 0.1) is 6.42 Å². The van der Waals surface area contributed by atoms with Crippen LogP contribution in [0.25, 0.3) is 0 Å². The molecular weight excluding hydrogens is 344 g/mol. The lowest BCUT2D eigenvalue weighted by Gasteiger charge is -2.25. The smallest absolute Gasteiger partial charge is 0.308 e. The molecule has 0 unspecified atom stereocenters. The number of hydrogen-bond acceptors (Lipinski definition) is 5. The zero-order valence-corrected chi connectivity index (χ0v) is 15.0. The third kappa shape index (κ3) is 6.16. The van der Waals surface area contributed by atoms with Crippen molar-refractivity contribution in [3.8, 4) is 0 Å². The minimum Gasteiger partial charge on any atom is -0.461 e. The largest absolute Gasteiger partial charge is 0.461 e. The summed E-state index contributed by atoms with van der Waals surface area (Å²) in [6.45, 7) is 0.250. The molecule has 1 aliphatic rings. The highest BCUT2D eigenvalue weighted by atomic mass is 17.2. The third-order valence-electron chi connectivity index (χ3n) is 4.25. The predicted octanol–water partition coefficient (Wildman–Crippen LogP) is 4.04. The second-order valence-electron chi connectivity index (χ2n) is 6.37. The van der Waals surface area contributed by atoms with E-state index in [1.165, 1.54) is 6.08 Å². The molecule has 0 spiro atoms. The molecule has 2 aromatic rings. The molecular formula is C22H22O5. The van der Waals surface area contributed by atoms with E-state index >= 15 is 0 Å². The van der Waals surface area contributed by atoms with Gasteiger partial charge in [-0.25, -0.2) is 9.78 Å². The monoisotopic (exact) mass is 366 g/mol. The second kappa shape index (κ2) is 9.80. The van der Waals surface area contributed by atoms with E-state index in [1.807, 2.05) is 48.5 Å². The van der Waals surface area contributed by atoms with Crippen LogP contribution in [0.15, 0.2) is 72.8 Å². The van der Waals surface area contributed by atoms with Crippen LogP contribution in [0.4, 0.5) is 0 Å². The van der Waals surface area contributed by atoms with E-state index in [9.17, 15) is 9.59 Å². The molecule has 1 aliphatic heterocycles. The van der Waals surface area contributed by atoms with Crippen LogP contribution in [0.5, 0.6) is 0 Å². The second-order valence-corrected chi connectivity index (χ2v) is 6.37. The Balaban J connectivity index is 1.38. The lowest BCUT2D eigenvalue weighted by molar-refractivity contribution is -0.363. The highest BCUT2D eigenvalue weighted by Crippen LogP contribution is 2.20. The van der Waals surface area contributed by atoms with E-state index in [4.69, 9.17) is 14.5 Å². The zero-order chi connectivity index (χ0) is 18.9. The van der Waals surface area contributed by atoms with Crippen molar-refractivity contribution < 1.29 is 24.1 Å². The van der Waals surface area contributed by atoms with E-state index in [0.717, 1.165) is 5.56 Å². The maximum Gasteiger partial charge on any atom is 0.308 e. The van der Waals surface area contributed by atoms with Crippen molar-refractivity contribution in [3.63, 3.8) is 0 Å². The molecule has 5 heteroatoms. The summed E-state index contributed by atoms with van der Waals surface area (Å²) in [6, 6.07) is 18.6. The van der Waals surface area contributed by atoms with Gasteiger partial charge in [0.1, 0.15) is 18.8 Å². The van der Waals surface area contributed by atoms with Crippen LogP contribution >= 0.6 is 0 Å². The number of carbonyl (C=O) groups is 2. The van der Waals surface area contributed by atoms with Gasteiger partial charge in [0.15, 0.2) is 5.78 Å². The summed E-state index contributed by atoms with van der Waals surface area (Å²) in [5.74, 6) is -0.397. The SMILES string of the molecule is O=C(C[C@@H]1CC[C@@H](/C=C/C(=O)c2ccccc2)OO1)OCc1ccccc1. The Morgan fingerprint density at radius 1 is 0.963 bits per heavy atom. The van der Waals surface area contributed by atoms with Crippen molar-refractivity contribution in [2.24, 2.45) is 0 Å².